The number of nitrogens with one attached hydrogen (secondary N) is 1. The van der Waals surface area contributed by atoms with Crippen LogP contribution < -0.4 is 10.9 Å². The smallest absolute Gasteiger partial charge is 0.344 e. The molecule has 36 heavy (non-hydrogen) atoms. The van der Waals surface area contributed by atoms with Crippen molar-refractivity contribution in [1.82, 2.24) is 0 Å². The van der Waals surface area contributed by atoms with E-state index in [0.717, 1.165) is 16.5 Å². The molecule has 0 aliphatic heterocycles. The van der Waals surface area contributed by atoms with Crippen LogP contribution in [0.1, 0.15) is 11.3 Å². The molecule has 3 aromatic carbocycles. The van der Waals surface area contributed by atoms with E-state index >= 15 is 0 Å². The lowest BCUT2D eigenvalue weighted by molar-refractivity contribution is -0.111. The van der Waals surface area contributed by atoms with Crippen molar-refractivity contribution in [2.24, 2.45) is 0 Å². The molecule has 0 fully saturated rings. The monoisotopic (exact) mass is 515 g/mol. The van der Waals surface area contributed by atoms with Crippen molar-refractivity contribution in [1.29, 1.82) is 0 Å². The number of amides is 1. The molecule has 0 unspecified atom stereocenters. The molecule has 2 aromatic heterocycles. The van der Waals surface area contributed by atoms with Crippen molar-refractivity contribution >= 4 is 51.8 Å². The topological polar surface area (TPSA) is 72.5 Å². The molecule has 1 amide bonds. The van der Waals surface area contributed by atoms with Crippen LogP contribution in [0.3, 0.4) is 0 Å². The van der Waals surface area contributed by atoms with Gasteiger partial charge in [-0.05, 0) is 78.7 Å². The Morgan fingerprint density at radius 1 is 0.861 bits per heavy atom. The summed E-state index contributed by atoms with van der Waals surface area (Å²) in [6.07, 6.45) is 2.96. The van der Waals surface area contributed by atoms with Crippen LogP contribution in [0.25, 0.3) is 39.5 Å². The highest BCUT2D eigenvalue weighted by atomic mass is 35.5. The van der Waals surface area contributed by atoms with E-state index in [1.807, 2.05) is 37.3 Å². The molecule has 0 saturated carbocycles. The molecule has 7 heteroatoms. The molecule has 0 bridgehead atoms. The van der Waals surface area contributed by atoms with E-state index in [1.54, 1.807) is 54.6 Å². The second kappa shape index (κ2) is 9.90. The van der Waals surface area contributed by atoms with Gasteiger partial charge in [-0.1, -0.05) is 47.5 Å². The van der Waals surface area contributed by atoms with Gasteiger partial charge in [0.15, 0.2) is 0 Å². The third kappa shape index (κ3) is 4.98. The van der Waals surface area contributed by atoms with Crippen LogP contribution in [0.15, 0.2) is 98.6 Å². The summed E-state index contributed by atoms with van der Waals surface area (Å²) in [6.45, 7) is 1.88. The van der Waals surface area contributed by atoms with Gasteiger partial charge < -0.3 is 14.2 Å². The average molecular weight is 516 g/mol. The Morgan fingerprint density at radius 3 is 2.47 bits per heavy atom. The number of carbonyl (C=O) groups excluding carboxylic acids is 1. The minimum Gasteiger partial charge on any atom is -0.457 e. The fourth-order valence-corrected chi connectivity index (χ4v) is 4.41. The van der Waals surface area contributed by atoms with Gasteiger partial charge >= 0.3 is 5.63 Å². The van der Waals surface area contributed by atoms with Crippen LogP contribution >= 0.6 is 23.2 Å². The van der Waals surface area contributed by atoms with Gasteiger partial charge in [-0.25, -0.2) is 4.79 Å². The van der Waals surface area contributed by atoms with Crippen molar-refractivity contribution < 1.29 is 13.6 Å². The summed E-state index contributed by atoms with van der Waals surface area (Å²) in [4.78, 5) is 25.0. The third-order valence-corrected chi connectivity index (χ3v) is 6.20. The molecule has 0 spiro atoms. The van der Waals surface area contributed by atoms with Gasteiger partial charge in [0.1, 0.15) is 17.1 Å². The number of aryl methyl sites for hydroxylation is 1. The fraction of sp³-hybridized carbons (Fsp3) is 0.0345. The first-order valence-corrected chi connectivity index (χ1v) is 11.8. The Morgan fingerprint density at radius 2 is 1.67 bits per heavy atom. The van der Waals surface area contributed by atoms with Crippen molar-refractivity contribution in [2.45, 2.75) is 6.92 Å². The van der Waals surface area contributed by atoms with E-state index in [1.165, 1.54) is 6.08 Å². The highest BCUT2D eigenvalue weighted by Gasteiger charge is 2.12. The fourth-order valence-electron chi connectivity index (χ4n) is 3.91. The van der Waals surface area contributed by atoms with Crippen LogP contribution in [0.4, 0.5) is 5.69 Å². The van der Waals surface area contributed by atoms with Crippen LogP contribution in [-0.2, 0) is 4.79 Å². The number of halogens is 2. The highest BCUT2D eigenvalue weighted by molar-refractivity contribution is 6.36. The van der Waals surface area contributed by atoms with Gasteiger partial charge in [0.25, 0.3) is 0 Å². The highest BCUT2D eigenvalue weighted by Crippen LogP contribution is 2.32. The summed E-state index contributed by atoms with van der Waals surface area (Å²) in [5.41, 5.74) is 3.49. The third-order valence-electron chi connectivity index (χ3n) is 5.65. The number of hydrogen-bond acceptors (Lipinski definition) is 4. The molecular weight excluding hydrogens is 497 g/mol. The van der Waals surface area contributed by atoms with Gasteiger partial charge in [0.2, 0.25) is 5.91 Å². The van der Waals surface area contributed by atoms with E-state index in [2.05, 4.69) is 5.32 Å². The summed E-state index contributed by atoms with van der Waals surface area (Å²) in [7, 11) is 0. The quantitative estimate of drug-likeness (QED) is 0.190. The summed E-state index contributed by atoms with van der Waals surface area (Å²) in [5, 5.41) is 4.68. The number of para-hydroxylation sites is 1. The maximum Gasteiger partial charge on any atom is 0.344 e. The van der Waals surface area contributed by atoms with E-state index in [9.17, 15) is 9.59 Å². The second-order valence-corrected chi connectivity index (χ2v) is 9.01. The Kier molecular flexibility index (Phi) is 6.51. The molecule has 0 aliphatic carbocycles. The maximum absolute atomic E-state index is 12.5. The normalized spacial score (nSPS) is 11.3. The Hall–Kier alpha value is -4.06. The van der Waals surface area contributed by atoms with Crippen molar-refractivity contribution in [3.05, 3.63) is 117 Å². The van der Waals surface area contributed by atoms with Crippen LogP contribution in [0, 0.1) is 6.92 Å². The van der Waals surface area contributed by atoms with E-state index in [0.29, 0.717) is 44.0 Å². The molecule has 1 N–H and O–H groups in total. The molecule has 2 heterocycles. The second-order valence-electron chi connectivity index (χ2n) is 8.16. The Balaban J connectivity index is 1.30. The summed E-state index contributed by atoms with van der Waals surface area (Å²) < 4.78 is 11.2. The number of fused-ring (bicyclic) bond motifs is 1. The summed E-state index contributed by atoms with van der Waals surface area (Å²) in [5.74, 6) is 0.747. The predicted octanol–water partition coefficient (Wildman–Crippen LogP) is 7.99. The molecule has 0 atom stereocenters. The number of anilines is 1. The lowest BCUT2D eigenvalue weighted by atomic mass is 10.0. The lowest BCUT2D eigenvalue weighted by Gasteiger charge is -2.09. The van der Waals surface area contributed by atoms with Crippen LogP contribution in [0.5, 0.6) is 0 Å². The van der Waals surface area contributed by atoms with Gasteiger partial charge in [0, 0.05) is 27.7 Å². The van der Waals surface area contributed by atoms with Crippen LogP contribution in [0.2, 0.25) is 10.0 Å². The molecular formula is C29H19Cl2NO4. The molecule has 5 aromatic rings. The number of benzene rings is 3. The van der Waals surface area contributed by atoms with E-state index in [-0.39, 0.29) is 5.91 Å². The lowest BCUT2D eigenvalue weighted by Crippen LogP contribution is -2.08. The maximum atomic E-state index is 12.5. The first-order chi connectivity index (χ1) is 17.4. The average Bonchev–Trinajstić information content (AvgIpc) is 3.31. The van der Waals surface area contributed by atoms with Gasteiger partial charge in [0.05, 0.1) is 10.6 Å². The van der Waals surface area contributed by atoms with Crippen molar-refractivity contribution in [2.75, 3.05) is 5.32 Å². The van der Waals surface area contributed by atoms with E-state index < -0.39 is 5.63 Å². The molecule has 5 rings (SSSR count). The van der Waals surface area contributed by atoms with Crippen molar-refractivity contribution in [3.63, 3.8) is 0 Å². The Labute approximate surface area is 216 Å². The summed E-state index contributed by atoms with van der Waals surface area (Å²) >= 11 is 12.2. The van der Waals surface area contributed by atoms with Crippen molar-refractivity contribution in [3.8, 4) is 22.5 Å². The first-order valence-electron chi connectivity index (χ1n) is 11.1. The standard InChI is InChI=1S/C29H19Cl2NO4/c1-17-14-20(7-11-22(17)24-15-18-4-2-3-5-26(18)36-29(24)34)32-28(33)13-9-21-8-12-27(35-21)23-10-6-19(30)16-25(23)31/h2-16H,1H3,(H,32,33)/b13-9+. The SMILES string of the molecule is Cc1cc(NC(=O)/C=C/c2ccc(-c3ccc(Cl)cc3Cl)o2)ccc1-c1cc2ccccc2oc1=O. The number of carbonyl (C=O) groups is 1. The molecule has 5 nitrogen and oxygen atoms in total. The summed E-state index contributed by atoms with van der Waals surface area (Å²) in [6, 6.07) is 23.2. The predicted molar refractivity (Wildman–Crippen MR) is 144 cm³/mol. The number of furan rings is 1. The Bertz CT molecular complexity index is 1700. The zero-order chi connectivity index (χ0) is 25.2. The van der Waals surface area contributed by atoms with E-state index in [4.69, 9.17) is 32.0 Å². The minimum atomic E-state index is -0.408. The molecule has 178 valence electrons. The number of hydrogen-bond donors (Lipinski definition) is 1. The van der Waals surface area contributed by atoms with Gasteiger partial charge in [-0.3, -0.25) is 4.79 Å². The molecule has 0 aliphatic rings. The largest absolute Gasteiger partial charge is 0.457 e. The minimum absolute atomic E-state index is 0.324. The molecule has 0 saturated heterocycles. The number of rotatable bonds is 5. The van der Waals surface area contributed by atoms with Crippen LogP contribution in [-0.4, -0.2) is 5.91 Å². The zero-order valence-corrected chi connectivity index (χ0v) is 20.6. The van der Waals surface area contributed by atoms with Gasteiger partial charge in [-0.2, -0.15) is 0 Å². The first kappa shape index (κ1) is 23.7. The molecule has 0 radical (unpaired) electrons. The van der Waals surface area contributed by atoms with Gasteiger partial charge in [-0.15, -0.1) is 0 Å². The zero-order valence-electron chi connectivity index (χ0n) is 19.0.